The van der Waals surface area contributed by atoms with E-state index in [4.69, 9.17) is 4.74 Å². The molecule has 0 spiro atoms. The number of carbonyl (C=O) groups excluding carboxylic acids is 1. The molecule has 0 fully saturated rings. The Morgan fingerprint density at radius 1 is 1.12 bits per heavy atom. The summed E-state index contributed by atoms with van der Waals surface area (Å²) >= 11 is 0. The molecule has 1 amide bonds. The van der Waals surface area contributed by atoms with E-state index in [1.165, 1.54) is 12.1 Å². The molecule has 0 aliphatic heterocycles. The molecule has 128 valence electrons. The van der Waals surface area contributed by atoms with E-state index >= 15 is 0 Å². The van der Waals surface area contributed by atoms with Crippen molar-refractivity contribution in [3.63, 3.8) is 0 Å². The molecule has 0 saturated heterocycles. The number of aromatic nitrogens is 2. The van der Waals surface area contributed by atoms with Crippen LogP contribution in [0.1, 0.15) is 12.8 Å². The lowest BCUT2D eigenvalue weighted by Crippen LogP contribution is -2.12. The topological polar surface area (TPSA) is 56.1 Å². The molecule has 2 aromatic carbocycles. The van der Waals surface area contributed by atoms with Crippen molar-refractivity contribution in [2.75, 3.05) is 11.9 Å². The average molecular weight is 339 g/mol. The number of hydrogen-bond donors (Lipinski definition) is 1. The van der Waals surface area contributed by atoms with Crippen LogP contribution in [0.15, 0.2) is 67.0 Å². The minimum absolute atomic E-state index is 0.0745. The van der Waals surface area contributed by atoms with Crippen LogP contribution in [-0.4, -0.2) is 22.3 Å². The molecule has 0 saturated carbocycles. The summed E-state index contributed by atoms with van der Waals surface area (Å²) in [5.74, 6) is 0.218. The Bertz CT molecular complexity index is 800. The Morgan fingerprint density at radius 2 is 1.88 bits per heavy atom. The molecule has 1 N–H and O–H groups in total. The van der Waals surface area contributed by atoms with E-state index < -0.39 is 0 Å². The number of hydrogen-bond acceptors (Lipinski definition) is 3. The monoisotopic (exact) mass is 339 g/mol. The van der Waals surface area contributed by atoms with Gasteiger partial charge in [-0.2, -0.15) is 5.10 Å². The molecule has 25 heavy (non-hydrogen) atoms. The van der Waals surface area contributed by atoms with Gasteiger partial charge in [-0.1, -0.05) is 0 Å². The number of nitrogens with one attached hydrogen (secondary N) is 1. The molecule has 0 atom stereocenters. The quantitative estimate of drug-likeness (QED) is 0.666. The Labute approximate surface area is 145 Å². The van der Waals surface area contributed by atoms with Gasteiger partial charge in [-0.15, -0.1) is 0 Å². The van der Waals surface area contributed by atoms with Crippen LogP contribution < -0.4 is 10.1 Å². The lowest BCUT2D eigenvalue weighted by molar-refractivity contribution is -0.116. The normalized spacial score (nSPS) is 10.4. The second-order valence-electron chi connectivity index (χ2n) is 5.45. The molecule has 5 nitrogen and oxygen atoms in total. The Kier molecular flexibility index (Phi) is 5.41. The highest BCUT2D eigenvalue weighted by Crippen LogP contribution is 2.14. The molecule has 0 bridgehead atoms. The van der Waals surface area contributed by atoms with E-state index in [1.54, 1.807) is 23.0 Å². The van der Waals surface area contributed by atoms with Gasteiger partial charge in [-0.3, -0.25) is 4.79 Å². The fraction of sp³-hybridized carbons (Fsp3) is 0.158. The summed E-state index contributed by atoms with van der Waals surface area (Å²) in [5.41, 5.74) is 1.66. The zero-order valence-corrected chi connectivity index (χ0v) is 13.6. The van der Waals surface area contributed by atoms with E-state index in [9.17, 15) is 9.18 Å². The predicted octanol–water partition coefficient (Wildman–Crippen LogP) is 3.81. The minimum Gasteiger partial charge on any atom is -0.494 e. The lowest BCUT2D eigenvalue weighted by Gasteiger charge is -2.08. The molecule has 0 radical (unpaired) electrons. The predicted molar refractivity (Wildman–Crippen MR) is 93.3 cm³/mol. The van der Waals surface area contributed by atoms with Gasteiger partial charge in [0.2, 0.25) is 5.91 Å². The van der Waals surface area contributed by atoms with Crippen molar-refractivity contribution in [2.24, 2.45) is 0 Å². The van der Waals surface area contributed by atoms with Gasteiger partial charge in [0.05, 0.1) is 12.3 Å². The van der Waals surface area contributed by atoms with Crippen LogP contribution in [0.2, 0.25) is 0 Å². The van der Waals surface area contributed by atoms with E-state index in [0.29, 0.717) is 25.2 Å². The van der Waals surface area contributed by atoms with Crippen LogP contribution in [0.4, 0.5) is 10.1 Å². The van der Waals surface area contributed by atoms with Crippen LogP contribution in [0.5, 0.6) is 5.75 Å². The Balaban J connectivity index is 1.41. The van der Waals surface area contributed by atoms with Crippen LogP contribution in [0.3, 0.4) is 0 Å². The SMILES string of the molecule is O=C(CCCOc1ccc(F)cc1)Nc1ccc(-n2cccn2)cc1. The first-order valence-electron chi connectivity index (χ1n) is 7.99. The lowest BCUT2D eigenvalue weighted by atomic mass is 10.2. The summed E-state index contributed by atoms with van der Waals surface area (Å²) in [6, 6.07) is 15.1. The van der Waals surface area contributed by atoms with Gasteiger partial charge in [0, 0.05) is 24.5 Å². The Morgan fingerprint density at radius 3 is 2.56 bits per heavy atom. The maximum Gasteiger partial charge on any atom is 0.224 e. The van der Waals surface area contributed by atoms with Gasteiger partial charge in [0.1, 0.15) is 11.6 Å². The first kappa shape index (κ1) is 16.7. The number of nitrogens with zero attached hydrogens (tertiary/aromatic N) is 2. The molecular weight excluding hydrogens is 321 g/mol. The van der Waals surface area contributed by atoms with Crippen molar-refractivity contribution in [3.05, 3.63) is 72.8 Å². The molecule has 3 rings (SSSR count). The average Bonchev–Trinajstić information content (AvgIpc) is 3.15. The highest BCUT2D eigenvalue weighted by molar-refractivity contribution is 5.90. The van der Waals surface area contributed by atoms with Gasteiger partial charge in [0.25, 0.3) is 0 Å². The van der Waals surface area contributed by atoms with Crippen LogP contribution in [-0.2, 0) is 4.79 Å². The zero-order chi connectivity index (χ0) is 17.5. The number of carbonyl (C=O) groups is 1. The van der Waals surface area contributed by atoms with Crippen molar-refractivity contribution in [3.8, 4) is 11.4 Å². The molecule has 1 heterocycles. The highest BCUT2D eigenvalue weighted by Gasteiger charge is 2.04. The second-order valence-corrected chi connectivity index (χ2v) is 5.45. The largest absolute Gasteiger partial charge is 0.494 e. The molecular formula is C19H18FN3O2. The molecule has 6 heteroatoms. The van der Waals surface area contributed by atoms with Crippen molar-refractivity contribution >= 4 is 11.6 Å². The molecule has 3 aromatic rings. The number of anilines is 1. The van der Waals surface area contributed by atoms with E-state index in [-0.39, 0.29) is 11.7 Å². The maximum absolute atomic E-state index is 12.8. The molecule has 0 unspecified atom stereocenters. The Hall–Kier alpha value is -3.15. The number of ether oxygens (including phenoxy) is 1. The first-order chi connectivity index (χ1) is 12.2. The van der Waals surface area contributed by atoms with Crippen molar-refractivity contribution < 1.29 is 13.9 Å². The third-order valence-corrected chi connectivity index (χ3v) is 3.55. The number of rotatable bonds is 7. The number of halogens is 1. The molecule has 1 aromatic heterocycles. The van der Waals surface area contributed by atoms with Gasteiger partial charge in [-0.05, 0) is 61.0 Å². The van der Waals surface area contributed by atoms with Gasteiger partial charge in [0.15, 0.2) is 0 Å². The van der Waals surface area contributed by atoms with Crippen LogP contribution in [0.25, 0.3) is 5.69 Å². The second kappa shape index (κ2) is 8.10. The number of benzene rings is 2. The van der Waals surface area contributed by atoms with Gasteiger partial charge in [-0.25, -0.2) is 9.07 Å². The van der Waals surface area contributed by atoms with E-state index in [1.807, 2.05) is 36.5 Å². The van der Waals surface area contributed by atoms with E-state index in [2.05, 4.69) is 10.4 Å². The summed E-state index contributed by atoms with van der Waals surface area (Å²) in [6.45, 7) is 0.400. The van der Waals surface area contributed by atoms with Crippen LogP contribution in [0, 0.1) is 5.82 Å². The molecule has 0 aliphatic rings. The smallest absolute Gasteiger partial charge is 0.224 e. The summed E-state index contributed by atoms with van der Waals surface area (Å²) in [6.07, 6.45) is 4.50. The minimum atomic E-state index is -0.301. The summed E-state index contributed by atoms with van der Waals surface area (Å²) < 4.78 is 20.0. The fourth-order valence-corrected chi connectivity index (χ4v) is 2.30. The third kappa shape index (κ3) is 4.91. The molecule has 0 aliphatic carbocycles. The first-order valence-corrected chi connectivity index (χ1v) is 7.99. The van der Waals surface area contributed by atoms with Crippen molar-refractivity contribution in [1.29, 1.82) is 0 Å². The highest BCUT2D eigenvalue weighted by atomic mass is 19.1. The maximum atomic E-state index is 12.8. The standard InChI is InChI=1S/C19H18FN3O2/c20-15-4-10-18(11-5-15)25-14-1-3-19(24)22-16-6-8-17(9-7-16)23-13-2-12-21-23/h2,4-13H,1,3,14H2,(H,22,24). The zero-order valence-electron chi connectivity index (χ0n) is 13.6. The van der Waals surface area contributed by atoms with Crippen molar-refractivity contribution in [1.82, 2.24) is 9.78 Å². The summed E-state index contributed by atoms with van der Waals surface area (Å²) in [7, 11) is 0. The third-order valence-electron chi connectivity index (χ3n) is 3.55. The summed E-state index contributed by atoms with van der Waals surface area (Å²) in [5, 5.41) is 7.00. The van der Waals surface area contributed by atoms with Crippen molar-refractivity contribution in [2.45, 2.75) is 12.8 Å². The van der Waals surface area contributed by atoms with E-state index in [0.717, 1.165) is 11.4 Å². The van der Waals surface area contributed by atoms with Crippen LogP contribution >= 0.6 is 0 Å². The van der Waals surface area contributed by atoms with Gasteiger partial charge < -0.3 is 10.1 Å². The van der Waals surface area contributed by atoms with Gasteiger partial charge >= 0.3 is 0 Å². The summed E-state index contributed by atoms with van der Waals surface area (Å²) in [4.78, 5) is 11.9. The number of amides is 1. The fourth-order valence-electron chi connectivity index (χ4n) is 2.30.